The van der Waals surface area contributed by atoms with E-state index in [0.717, 1.165) is 38.8 Å². The minimum Gasteiger partial charge on any atom is -0.326 e. The minimum atomic E-state index is -0.154. The van der Waals surface area contributed by atoms with Crippen molar-refractivity contribution in [1.29, 1.82) is 0 Å². The monoisotopic (exact) mass is 377 g/mol. The summed E-state index contributed by atoms with van der Waals surface area (Å²) in [5, 5.41) is 8.49. The topological polar surface area (TPSA) is 71.1 Å². The maximum atomic E-state index is 12.3. The summed E-state index contributed by atoms with van der Waals surface area (Å²) in [5.41, 5.74) is 5.53. The van der Waals surface area contributed by atoms with Crippen molar-refractivity contribution in [2.75, 3.05) is 10.6 Å². The second kappa shape index (κ2) is 6.96. The van der Waals surface area contributed by atoms with E-state index in [9.17, 15) is 9.59 Å². The molecule has 2 heterocycles. The molecular weight excluding hydrogens is 358 g/mol. The highest BCUT2D eigenvalue weighted by Crippen LogP contribution is 2.35. The molecule has 0 saturated heterocycles. The summed E-state index contributed by atoms with van der Waals surface area (Å²) in [6.07, 6.45) is 0.236. The number of nitrogens with zero attached hydrogens (tertiary/aromatic N) is 1. The van der Waals surface area contributed by atoms with Gasteiger partial charge in [0.2, 0.25) is 11.8 Å². The molecule has 2 aromatic carbocycles. The summed E-state index contributed by atoms with van der Waals surface area (Å²) in [6.45, 7) is 3.89. The second-order valence-corrected chi connectivity index (χ2v) is 7.68. The quantitative estimate of drug-likeness (QED) is 0.710. The standard InChI is InChI=1S/C21H19N3O2S/c1-12-4-3-5-15(8-12)22-19(25)10-20-23-18(11-27-20)14-6-7-17-16(9-14)13(2)21(26)24-17/h3-9,11,13H,10H2,1-2H3,(H,22,25)(H,24,26)/t13-/m0/s1. The molecule has 6 heteroatoms. The third-order valence-electron chi connectivity index (χ3n) is 4.63. The molecule has 1 atom stereocenters. The molecule has 2 amide bonds. The number of anilines is 2. The lowest BCUT2D eigenvalue weighted by Crippen LogP contribution is -2.14. The van der Waals surface area contributed by atoms with Crippen LogP contribution in [0.2, 0.25) is 0 Å². The number of nitrogens with one attached hydrogen (secondary N) is 2. The predicted octanol–water partition coefficient (Wildman–Crippen LogP) is 4.36. The number of hydrogen-bond acceptors (Lipinski definition) is 4. The third kappa shape index (κ3) is 3.61. The van der Waals surface area contributed by atoms with Crippen LogP contribution in [-0.2, 0) is 16.0 Å². The molecule has 3 aromatic rings. The third-order valence-corrected chi connectivity index (χ3v) is 5.48. The van der Waals surface area contributed by atoms with Crippen LogP contribution in [0.25, 0.3) is 11.3 Å². The zero-order valence-electron chi connectivity index (χ0n) is 15.1. The minimum absolute atomic E-state index is 0.0222. The van der Waals surface area contributed by atoms with Gasteiger partial charge in [-0.3, -0.25) is 9.59 Å². The number of aromatic nitrogens is 1. The first-order valence-electron chi connectivity index (χ1n) is 8.76. The van der Waals surface area contributed by atoms with E-state index in [2.05, 4.69) is 15.6 Å². The van der Waals surface area contributed by atoms with Crippen molar-refractivity contribution in [3.8, 4) is 11.3 Å². The Morgan fingerprint density at radius 2 is 2.11 bits per heavy atom. The van der Waals surface area contributed by atoms with Crippen LogP contribution in [-0.4, -0.2) is 16.8 Å². The van der Waals surface area contributed by atoms with Gasteiger partial charge in [-0.1, -0.05) is 18.2 Å². The van der Waals surface area contributed by atoms with E-state index >= 15 is 0 Å². The molecule has 2 N–H and O–H groups in total. The molecule has 1 aromatic heterocycles. The summed E-state index contributed by atoms with van der Waals surface area (Å²) in [5.74, 6) is -0.217. The number of thiazole rings is 1. The lowest BCUT2D eigenvalue weighted by Gasteiger charge is -2.05. The van der Waals surface area contributed by atoms with Crippen LogP contribution >= 0.6 is 11.3 Å². The van der Waals surface area contributed by atoms with Crippen molar-refractivity contribution >= 4 is 34.5 Å². The normalized spacial score (nSPS) is 15.3. The van der Waals surface area contributed by atoms with Crippen molar-refractivity contribution in [3.63, 3.8) is 0 Å². The molecule has 136 valence electrons. The molecule has 0 bridgehead atoms. The molecule has 1 aliphatic heterocycles. The number of amides is 2. The molecule has 27 heavy (non-hydrogen) atoms. The fourth-order valence-corrected chi connectivity index (χ4v) is 3.97. The number of benzene rings is 2. The van der Waals surface area contributed by atoms with Crippen molar-refractivity contribution < 1.29 is 9.59 Å². The number of hydrogen-bond donors (Lipinski definition) is 2. The van der Waals surface area contributed by atoms with Crippen molar-refractivity contribution in [2.45, 2.75) is 26.2 Å². The zero-order chi connectivity index (χ0) is 19.0. The summed E-state index contributed by atoms with van der Waals surface area (Å²) in [7, 11) is 0. The molecule has 0 saturated carbocycles. The summed E-state index contributed by atoms with van der Waals surface area (Å²) < 4.78 is 0. The molecule has 0 fully saturated rings. The van der Waals surface area contributed by atoms with Crippen molar-refractivity contribution in [2.24, 2.45) is 0 Å². The van der Waals surface area contributed by atoms with Gasteiger partial charge in [-0.05, 0) is 49.2 Å². The zero-order valence-corrected chi connectivity index (χ0v) is 15.9. The Hall–Kier alpha value is -2.99. The maximum absolute atomic E-state index is 12.3. The fraction of sp³-hybridized carbons (Fsp3) is 0.190. The first-order chi connectivity index (χ1) is 13.0. The van der Waals surface area contributed by atoms with Gasteiger partial charge in [-0.15, -0.1) is 11.3 Å². The number of carbonyl (C=O) groups is 2. The number of rotatable bonds is 4. The predicted molar refractivity (Wildman–Crippen MR) is 108 cm³/mol. The Kier molecular flexibility index (Phi) is 4.49. The average Bonchev–Trinajstić information content (AvgIpc) is 3.20. The maximum Gasteiger partial charge on any atom is 0.231 e. The Labute approximate surface area is 161 Å². The van der Waals surface area contributed by atoms with Crippen molar-refractivity contribution in [1.82, 2.24) is 4.98 Å². The van der Waals surface area contributed by atoms with Gasteiger partial charge in [-0.25, -0.2) is 4.98 Å². The van der Waals surface area contributed by atoms with E-state index in [1.54, 1.807) is 0 Å². The first kappa shape index (κ1) is 17.4. The lowest BCUT2D eigenvalue weighted by molar-refractivity contribution is -0.117. The van der Waals surface area contributed by atoms with E-state index in [4.69, 9.17) is 0 Å². The van der Waals surface area contributed by atoms with Gasteiger partial charge in [0.15, 0.2) is 0 Å². The van der Waals surface area contributed by atoms with Gasteiger partial charge in [0.25, 0.3) is 0 Å². The van der Waals surface area contributed by atoms with Crippen LogP contribution in [0.1, 0.15) is 29.0 Å². The van der Waals surface area contributed by atoms with Gasteiger partial charge >= 0.3 is 0 Å². The van der Waals surface area contributed by atoms with E-state index in [1.807, 2.05) is 61.7 Å². The molecule has 5 nitrogen and oxygen atoms in total. The molecule has 0 aliphatic carbocycles. The van der Waals surface area contributed by atoms with Gasteiger partial charge in [0.05, 0.1) is 18.0 Å². The SMILES string of the molecule is Cc1cccc(NC(=O)Cc2nc(-c3ccc4c(c3)[C@H](C)C(=O)N4)cs2)c1. The van der Waals surface area contributed by atoms with Crippen LogP contribution in [0.5, 0.6) is 0 Å². The van der Waals surface area contributed by atoms with Gasteiger partial charge in [-0.2, -0.15) is 0 Å². The Balaban J connectivity index is 1.48. The van der Waals surface area contributed by atoms with Crippen LogP contribution in [0.3, 0.4) is 0 Å². The first-order valence-corrected chi connectivity index (χ1v) is 9.63. The van der Waals surface area contributed by atoms with E-state index in [0.29, 0.717) is 0 Å². The molecule has 0 spiro atoms. The Bertz CT molecular complexity index is 1040. The molecule has 0 radical (unpaired) electrons. The second-order valence-electron chi connectivity index (χ2n) is 6.73. The average molecular weight is 377 g/mol. The summed E-state index contributed by atoms with van der Waals surface area (Å²) >= 11 is 1.47. The molecule has 1 aliphatic rings. The summed E-state index contributed by atoms with van der Waals surface area (Å²) in [6, 6.07) is 13.6. The van der Waals surface area contributed by atoms with E-state index in [1.165, 1.54) is 11.3 Å². The summed E-state index contributed by atoms with van der Waals surface area (Å²) in [4.78, 5) is 28.7. The Morgan fingerprint density at radius 3 is 2.93 bits per heavy atom. The van der Waals surface area contributed by atoms with Crippen LogP contribution in [0.15, 0.2) is 47.8 Å². The number of fused-ring (bicyclic) bond motifs is 1. The molecule has 4 rings (SSSR count). The lowest BCUT2D eigenvalue weighted by atomic mass is 10.00. The van der Waals surface area contributed by atoms with Gasteiger partial charge in [0, 0.05) is 22.3 Å². The highest BCUT2D eigenvalue weighted by molar-refractivity contribution is 7.10. The Morgan fingerprint density at radius 1 is 1.26 bits per heavy atom. The van der Waals surface area contributed by atoms with E-state index in [-0.39, 0.29) is 24.2 Å². The molecule has 0 unspecified atom stereocenters. The highest BCUT2D eigenvalue weighted by Gasteiger charge is 2.26. The number of carbonyl (C=O) groups excluding carboxylic acids is 2. The van der Waals surface area contributed by atoms with E-state index < -0.39 is 0 Å². The largest absolute Gasteiger partial charge is 0.326 e. The van der Waals surface area contributed by atoms with Crippen LogP contribution in [0, 0.1) is 6.92 Å². The van der Waals surface area contributed by atoms with Crippen LogP contribution in [0.4, 0.5) is 11.4 Å². The fourth-order valence-electron chi connectivity index (χ4n) is 3.17. The van der Waals surface area contributed by atoms with Gasteiger partial charge in [0.1, 0.15) is 5.01 Å². The number of aryl methyl sites for hydroxylation is 1. The van der Waals surface area contributed by atoms with Crippen molar-refractivity contribution in [3.05, 3.63) is 64.0 Å². The highest BCUT2D eigenvalue weighted by atomic mass is 32.1. The smallest absolute Gasteiger partial charge is 0.231 e. The van der Waals surface area contributed by atoms with Gasteiger partial charge < -0.3 is 10.6 Å². The molecular formula is C21H19N3O2S. The van der Waals surface area contributed by atoms with Crippen LogP contribution < -0.4 is 10.6 Å².